The Morgan fingerprint density at radius 2 is 1.82 bits per heavy atom. The largest absolute Gasteiger partial charge is 0.418 e. The fourth-order valence-electron chi connectivity index (χ4n) is 4.69. The molecular formula is C27H26F3N7O. The van der Waals surface area contributed by atoms with Gasteiger partial charge in [-0.2, -0.15) is 28.6 Å². The van der Waals surface area contributed by atoms with Crippen LogP contribution in [0, 0.1) is 38.0 Å². The number of alkyl halides is 3. The van der Waals surface area contributed by atoms with Gasteiger partial charge in [0.15, 0.2) is 11.9 Å². The SMILES string of the molecule is Cc1nn(-c2cc(Cc3c(C)c(-c4ccc(C#N)cc4)nn3CC3CC3)ncn2)c(C)c1C(O)C(F)(F)F. The van der Waals surface area contributed by atoms with Crippen LogP contribution in [0.5, 0.6) is 0 Å². The number of aliphatic hydroxyl groups excluding tert-OH is 1. The first kappa shape index (κ1) is 25.6. The van der Waals surface area contributed by atoms with E-state index in [4.69, 9.17) is 10.4 Å². The van der Waals surface area contributed by atoms with E-state index < -0.39 is 12.3 Å². The third-order valence-corrected chi connectivity index (χ3v) is 6.94. The molecule has 4 aromatic rings. The number of aromatic nitrogens is 6. The topological polar surface area (TPSA) is 105 Å². The third kappa shape index (κ3) is 4.91. The van der Waals surface area contributed by atoms with Crippen molar-refractivity contribution in [3.8, 4) is 23.1 Å². The first-order valence-corrected chi connectivity index (χ1v) is 12.3. The molecule has 0 bridgehead atoms. The average molecular weight is 522 g/mol. The molecule has 1 aromatic carbocycles. The summed E-state index contributed by atoms with van der Waals surface area (Å²) in [5, 5.41) is 28.1. The first-order chi connectivity index (χ1) is 18.1. The van der Waals surface area contributed by atoms with E-state index in [1.54, 1.807) is 18.2 Å². The maximum absolute atomic E-state index is 13.2. The van der Waals surface area contributed by atoms with Crippen LogP contribution in [0.15, 0.2) is 36.7 Å². The molecule has 3 heterocycles. The lowest BCUT2D eigenvalue weighted by Crippen LogP contribution is -2.21. The van der Waals surface area contributed by atoms with Crippen LogP contribution in [0.1, 0.15) is 58.4 Å². The predicted octanol–water partition coefficient (Wildman–Crippen LogP) is 4.92. The van der Waals surface area contributed by atoms with Gasteiger partial charge >= 0.3 is 6.18 Å². The number of hydrogen-bond donors (Lipinski definition) is 1. The van der Waals surface area contributed by atoms with E-state index in [0.717, 1.165) is 41.9 Å². The van der Waals surface area contributed by atoms with E-state index in [-0.39, 0.29) is 17.0 Å². The first-order valence-electron chi connectivity index (χ1n) is 12.3. The van der Waals surface area contributed by atoms with Crippen molar-refractivity contribution in [3.05, 3.63) is 76.1 Å². The summed E-state index contributed by atoms with van der Waals surface area (Å²) in [4.78, 5) is 8.65. The van der Waals surface area contributed by atoms with Crippen molar-refractivity contribution >= 4 is 0 Å². The standard InChI is InChI=1S/C27H26F3N7O/c1-15-22(36(13-19-4-5-19)35-25(15)20-8-6-18(12-31)7-9-20)10-21-11-23(33-14-32-21)37-17(3)24(16(2)34-37)26(38)27(28,29)30/h6-9,11,14,19,26,38H,4-5,10,13H2,1-3H3. The van der Waals surface area contributed by atoms with E-state index in [2.05, 4.69) is 21.1 Å². The highest BCUT2D eigenvalue weighted by Crippen LogP contribution is 2.36. The van der Waals surface area contributed by atoms with Gasteiger partial charge in [-0.15, -0.1) is 0 Å². The molecule has 8 nitrogen and oxygen atoms in total. The van der Waals surface area contributed by atoms with Crippen LogP contribution in [0.3, 0.4) is 0 Å². The van der Waals surface area contributed by atoms with Crippen molar-refractivity contribution in [1.29, 1.82) is 5.26 Å². The van der Waals surface area contributed by atoms with Crippen LogP contribution in [0.25, 0.3) is 17.1 Å². The lowest BCUT2D eigenvalue weighted by atomic mass is 10.0. The van der Waals surface area contributed by atoms with Gasteiger partial charge in [-0.25, -0.2) is 14.6 Å². The van der Waals surface area contributed by atoms with Gasteiger partial charge < -0.3 is 5.11 Å². The number of aliphatic hydroxyl groups is 1. The highest BCUT2D eigenvalue weighted by Gasteiger charge is 2.42. The van der Waals surface area contributed by atoms with Gasteiger partial charge in [-0.05, 0) is 57.2 Å². The molecule has 1 N–H and O–H groups in total. The Balaban J connectivity index is 1.50. The van der Waals surface area contributed by atoms with Gasteiger partial charge in [-0.3, -0.25) is 4.68 Å². The van der Waals surface area contributed by atoms with Crippen LogP contribution < -0.4 is 0 Å². The van der Waals surface area contributed by atoms with E-state index in [9.17, 15) is 18.3 Å². The Morgan fingerprint density at radius 3 is 2.45 bits per heavy atom. The fraction of sp³-hybridized carbons (Fsp3) is 0.370. The summed E-state index contributed by atoms with van der Waals surface area (Å²) in [5.41, 5.74) is 4.94. The number of halogens is 3. The van der Waals surface area contributed by atoms with Gasteiger partial charge in [0.2, 0.25) is 0 Å². The van der Waals surface area contributed by atoms with Crippen molar-refractivity contribution < 1.29 is 18.3 Å². The highest BCUT2D eigenvalue weighted by atomic mass is 19.4. The summed E-state index contributed by atoms with van der Waals surface area (Å²) in [6.07, 6.45) is -3.31. The molecule has 5 rings (SSSR count). The van der Waals surface area contributed by atoms with Gasteiger partial charge in [-0.1, -0.05) is 12.1 Å². The van der Waals surface area contributed by atoms with Crippen molar-refractivity contribution in [2.75, 3.05) is 0 Å². The monoisotopic (exact) mass is 521 g/mol. The minimum absolute atomic E-state index is 0.0814. The van der Waals surface area contributed by atoms with E-state index in [1.165, 1.54) is 24.9 Å². The molecular weight excluding hydrogens is 495 g/mol. The number of nitriles is 1. The fourth-order valence-corrected chi connectivity index (χ4v) is 4.69. The molecule has 1 aliphatic rings. The maximum Gasteiger partial charge on any atom is 0.418 e. The quantitative estimate of drug-likeness (QED) is 0.370. The van der Waals surface area contributed by atoms with Crippen molar-refractivity contribution in [2.24, 2.45) is 5.92 Å². The van der Waals surface area contributed by atoms with Crippen LogP contribution in [-0.4, -0.2) is 40.8 Å². The third-order valence-electron chi connectivity index (χ3n) is 6.94. The van der Waals surface area contributed by atoms with Gasteiger partial charge in [0.05, 0.1) is 28.7 Å². The van der Waals surface area contributed by atoms with Crippen LogP contribution in [0.4, 0.5) is 13.2 Å². The lowest BCUT2D eigenvalue weighted by Gasteiger charge is -2.15. The molecule has 1 saturated carbocycles. The maximum atomic E-state index is 13.2. The molecule has 38 heavy (non-hydrogen) atoms. The van der Waals surface area contributed by atoms with Crippen molar-refractivity contribution in [3.63, 3.8) is 0 Å². The number of rotatable bonds is 7. The number of benzene rings is 1. The molecule has 196 valence electrons. The van der Waals surface area contributed by atoms with Crippen molar-refractivity contribution in [2.45, 2.75) is 58.9 Å². The molecule has 3 aromatic heterocycles. The number of hydrogen-bond acceptors (Lipinski definition) is 6. The molecule has 0 spiro atoms. The lowest BCUT2D eigenvalue weighted by molar-refractivity contribution is -0.207. The summed E-state index contributed by atoms with van der Waals surface area (Å²) in [5.74, 6) is 0.894. The molecule has 11 heteroatoms. The minimum Gasteiger partial charge on any atom is -0.379 e. The van der Waals surface area contributed by atoms with E-state index in [1.807, 2.05) is 23.7 Å². The zero-order chi connectivity index (χ0) is 27.2. The average Bonchev–Trinajstić information content (AvgIpc) is 3.59. The zero-order valence-electron chi connectivity index (χ0n) is 21.2. The normalized spacial score (nSPS) is 14.5. The molecule has 1 aliphatic carbocycles. The molecule has 0 aliphatic heterocycles. The Hall–Kier alpha value is -4.04. The Kier molecular flexibility index (Phi) is 6.53. The molecule has 0 saturated heterocycles. The molecule has 1 fully saturated rings. The second-order valence-electron chi connectivity index (χ2n) is 9.72. The Morgan fingerprint density at radius 1 is 1.11 bits per heavy atom. The molecule has 1 unspecified atom stereocenters. The smallest absolute Gasteiger partial charge is 0.379 e. The van der Waals surface area contributed by atoms with E-state index >= 15 is 0 Å². The molecule has 1 atom stereocenters. The molecule has 0 radical (unpaired) electrons. The Bertz CT molecular complexity index is 1530. The van der Waals surface area contributed by atoms with Gasteiger partial charge in [0.1, 0.15) is 6.33 Å². The predicted molar refractivity (Wildman–Crippen MR) is 132 cm³/mol. The van der Waals surface area contributed by atoms with E-state index in [0.29, 0.717) is 29.4 Å². The summed E-state index contributed by atoms with van der Waals surface area (Å²) in [7, 11) is 0. The second-order valence-corrected chi connectivity index (χ2v) is 9.72. The summed E-state index contributed by atoms with van der Waals surface area (Å²) in [6.45, 7) is 5.71. The second kappa shape index (κ2) is 9.68. The number of aryl methyl sites for hydroxylation is 1. The summed E-state index contributed by atoms with van der Waals surface area (Å²) < 4.78 is 43.0. The molecule has 0 amide bonds. The van der Waals surface area contributed by atoms with Crippen molar-refractivity contribution in [1.82, 2.24) is 29.5 Å². The Labute approximate surface area is 217 Å². The van der Waals surface area contributed by atoms with Crippen LogP contribution in [0.2, 0.25) is 0 Å². The highest BCUT2D eigenvalue weighted by molar-refractivity contribution is 5.65. The van der Waals surface area contributed by atoms with Crippen LogP contribution in [-0.2, 0) is 13.0 Å². The summed E-state index contributed by atoms with van der Waals surface area (Å²) in [6, 6.07) is 11.1. The van der Waals surface area contributed by atoms with Crippen LogP contribution >= 0.6 is 0 Å². The minimum atomic E-state index is -4.80. The zero-order valence-corrected chi connectivity index (χ0v) is 21.2. The van der Waals surface area contributed by atoms with Gasteiger partial charge in [0, 0.05) is 41.5 Å². The summed E-state index contributed by atoms with van der Waals surface area (Å²) >= 11 is 0. The number of nitrogens with zero attached hydrogens (tertiary/aromatic N) is 7. The van der Waals surface area contributed by atoms with Gasteiger partial charge in [0.25, 0.3) is 0 Å².